The molecule has 0 bridgehead atoms. The number of aliphatic imine (C=N–C) groups is 1. The second-order valence-electron chi connectivity index (χ2n) is 5.07. The molecule has 0 saturated carbocycles. The number of rotatable bonds is 4. The van der Waals surface area contributed by atoms with Gasteiger partial charge in [-0.1, -0.05) is 6.07 Å². The van der Waals surface area contributed by atoms with Crippen LogP contribution in [0.2, 0.25) is 0 Å². The topological polar surface area (TPSA) is 92.6 Å². The zero-order valence-electron chi connectivity index (χ0n) is 13.8. The molecule has 2 N–H and O–H groups in total. The molecule has 3 aromatic rings. The normalized spacial score (nSPS) is 11.4. The van der Waals surface area contributed by atoms with Crippen LogP contribution in [-0.2, 0) is 13.1 Å². The molecule has 3 rings (SSSR count). The molecule has 128 valence electrons. The van der Waals surface area contributed by atoms with Gasteiger partial charge in [-0.2, -0.15) is 0 Å². The van der Waals surface area contributed by atoms with E-state index in [9.17, 15) is 0 Å². The van der Waals surface area contributed by atoms with Crippen molar-refractivity contribution in [2.24, 2.45) is 4.99 Å². The summed E-state index contributed by atoms with van der Waals surface area (Å²) in [6, 6.07) is 5.79. The number of oxazole rings is 1. The van der Waals surface area contributed by atoms with Crippen LogP contribution >= 0.6 is 24.0 Å². The average Bonchev–Trinajstić information content (AvgIpc) is 3.11. The number of fused-ring (bicyclic) bond motifs is 1. The molecule has 0 aliphatic carbocycles. The summed E-state index contributed by atoms with van der Waals surface area (Å²) in [6.07, 6.45) is 1.93. The van der Waals surface area contributed by atoms with Gasteiger partial charge in [0.2, 0.25) is 5.89 Å². The number of guanidine groups is 1. The first kappa shape index (κ1) is 18.2. The van der Waals surface area contributed by atoms with E-state index in [1.54, 1.807) is 7.05 Å². The lowest BCUT2D eigenvalue weighted by atomic mass is 10.4. The Morgan fingerprint density at radius 1 is 1.21 bits per heavy atom. The summed E-state index contributed by atoms with van der Waals surface area (Å²) in [7, 11) is 1.71. The number of halogens is 1. The number of hydrogen-bond donors (Lipinski definition) is 2. The number of pyridine rings is 1. The van der Waals surface area contributed by atoms with Crippen LogP contribution in [-0.4, -0.2) is 32.6 Å². The molecule has 0 spiro atoms. The van der Waals surface area contributed by atoms with Gasteiger partial charge < -0.3 is 15.1 Å². The van der Waals surface area contributed by atoms with Gasteiger partial charge in [-0.3, -0.25) is 9.39 Å². The molecule has 0 atom stereocenters. The number of aryl methyl sites for hydroxylation is 2. The fraction of sp³-hybridized carbons (Fsp3) is 0.333. The fourth-order valence-electron chi connectivity index (χ4n) is 2.17. The van der Waals surface area contributed by atoms with Gasteiger partial charge in [-0.15, -0.1) is 34.2 Å². The molecule has 24 heavy (non-hydrogen) atoms. The van der Waals surface area contributed by atoms with E-state index in [4.69, 9.17) is 4.42 Å². The highest BCUT2D eigenvalue weighted by Gasteiger charge is 2.08. The van der Waals surface area contributed by atoms with Crippen molar-refractivity contribution in [2.75, 3.05) is 7.05 Å². The highest BCUT2D eigenvalue weighted by molar-refractivity contribution is 14.0. The summed E-state index contributed by atoms with van der Waals surface area (Å²) in [5.74, 6) is 2.92. The smallest absolute Gasteiger partial charge is 0.214 e. The maximum absolute atomic E-state index is 5.53. The second kappa shape index (κ2) is 8.08. The first-order valence-corrected chi connectivity index (χ1v) is 7.33. The minimum absolute atomic E-state index is 0. The van der Waals surface area contributed by atoms with Crippen molar-refractivity contribution in [3.63, 3.8) is 0 Å². The van der Waals surface area contributed by atoms with Gasteiger partial charge in [0.05, 0.1) is 18.8 Å². The second-order valence-corrected chi connectivity index (χ2v) is 5.07. The van der Waals surface area contributed by atoms with Crippen LogP contribution in [0.4, 0.5) is 0 Å². The minimum Gasteiger partial charge on any atom is -0.444 e. The molecule has 3 aromatic heterocycles. The summed E-state index contributed by atoms with van der Waals surface area (Å²) in [6.45, 7) is 4.80. The molecule has 9 heteroatoms. The van der Waals surface area contributed by atoms with Gasteiger partial charge in [0.25, 0.3) is 0 Å². The van der Waals surface area contributed by atoms with Gasteiger partial charge in [0, 0.05) is 13.2 Å². The first-order valence-electron chi connectivity index (χ1n) is 7.33. The maximum Gasteiger partial charge on any atom is 0.214 e. The predicted molar refractivity (Wildman–Crippen MR) is 101 cm³/mol. The van der Waals surface area contributed by atoms with E-state index in [0.717, 1.165) is 22.9 Å². The van der Waals surface area contributed by atoms with E-state index in [-0.39, 0.29) is 24.0 Å². The third-order valence-electron chi connectivity index (χ3n) is 3.50. The Bertz CT molecular complexity index is 820. The Morgan fingerprint density at radius 2 is 2.00 bits per heavy atom. The van der Waals surface area contributed by atoms with E-state index in [0.29, 0.717) is 24.9 Å². The van der Waals surface area contributed by atoms with Gasteiger partial charge in [-0.25, -0.2) is 4.98 Å². The monoisotopic (exact) mass is 441 g/mol. The van der Waals surface area contributed by atoms with Crippen LogP contribution in [0.25, 0.3) is 5.65 Å². The molecule has 0 fully saturated rings. The SMILES string of the molecule is CN=C(NCc1nc(C)c(C)o1)NCc1nnc2ccccn12.I. The van der Waals surface area contributed by atoms with Crippen molar-refractivity contribution >= 4 is 35.6 Å². The lowest BCUT2D eigenvalue weighted by Crippen LogP contribution is -2.36. The van der Waals surface area contributed by atoms with Crippen LogP contribution in [0.1, 0.15) is 23.2 Å². The molecule has 0 amide bonds. The Labute approximate surface area is 156 Å². The number of nitrogens with zero attached hydrogens (tertiary/aromatic N) is 5. The predicted octanol–water partition coefficient (Wildman–Crippen LogP) is 1.82. The molecule has 0 saturated heterocycles. The standard InChI is InChI=1S/C15H19N7O.HI/c1-10-11(2)23-14(19-10)9-18-15(16-3)17-8-13-21-20-12-6-4-5-7-22(12)13;/h4-7H,8-9H2,1-3H3,(H2,16,17,18);1H. The molecule has 8 nitrogen and oxygen atoms in total. The van der Waals surface area contributed by atoms with Gasteiger partial charge in [-0.05, 0) is 26.0 Å². The Kier molecular flexibility index (Phi) is 6.12. The molecule has 3 heterocycles. The van der Waals surface area contributed by atoms with Crippen LogP contribution in [0, 0.1) is 13.8 Å². The van der Waals surface area contributed by atoms with Crippen LogP contribution in [0.5, 0.6) is 0 Å². The molecular weight excluding hydrogens is 421 g/mol. The van der Waals surface area contributed by atoms with Crippen molar-refractivity contribution in [1.82, 2.24) is 30.2 Å². The molecule has 0 radical (unpaired) electrons. The zero-order valence-corrected chi connectivity index (χ0v) is 16.1. The van der Waals surface area contributed by atoms with E-state index < -0.39 is 0 Å². The molecule has 0 aromatic carbocycles. The van der Waals surface area contributed by atoms with Crippen molar-refractivity contribution in [3.05, 3.63) is 47.6 Å². The summed E-state index contributed by atoms with van der Waals surface area (Å²) >= 11 is 0. The van der Waals surface area contributed by atoms with Crippen LogP contribution < -0.4 is 10.6 Å². The molecule has 0 aliphatic rings. The highest BCUT2D eigenvalue weighted by Crippen LogP contribution is 2.07. The van der Waals surface area contributed by atoms with E-state index in [1.807, 2.05) is 42.6 Å². The van der Waals surface area contributed by atoms with Crippen molar-refractivity contribution in [3.8, 4) is 0 Å². The maximum atomic E-state index is 5.53. The first-order chi connectivity index (χ1) is 11.2. The van der Waals surface area contributed by atoms with E-state index >= 15 is 0 Å². The molecule has 0 aliphatic heterocycles. The lowest BCUT2D eigenvalue weighted by molar-refractivity contribution is 0.463. The number of aromatic nitrogens is 4. The summed E-state index contributed by atoms with van der Waals surface area (Å²) in [5, 5.41) is 14.7. The summed E-state index contributed by atoms with van der Waals surface area (Å²) in [5.41, 5.74) is 1.72. The van der Waals surface area contributed by atoms with Gasteiger partial charge >= 0.3 is 0 Å². The Balaban J connectivity index is 0.00000208. The van der Waals surface area contributed by atoms with E-state index in [1.165, 1.54) is 0 Å². The lowest BCUT2D eigenvalue weighted by Gasteiger charge is -2.09. The molecular formula is C15H20IN7O. The number of nitrogens with one attached hydrogen (secondary N) is 2. The fourth-order valence-corrected chi connectivity index (χ4v) is 2.17. The molecule has 0 unspecified atom stereocenters. The largest absolute Gasteiger partial charge is 0.444 e. The van der Waals surface area contributed by atoms with Crippen molar-refractivity contribution < 1.29 is 4.42 Å². The third kappa shape index (κ3) is 4.02. The quantitative estimate of drug-likeness (QED) is 0.365. The van der Waals surface area contributed by atoms with Gasteiger partial charge in [0.15, 0.2) is 17.4 Å². The van der Waals surface area contributed by atoms with Crippen molar-refractivity contribution in [2.45, 2.75) is 26.9 Å². The van der Waals surface area contributed by atoms with Gasteiger partial charge in [0.1, 0.15) is 5.76 Å². The Hall–Kier alpha value is -2.17. The van der Waals surface area contributed by atoms with Crippen molar-refractivity contribution in [1.29, 1.82) is 0 Å². The highest BCUT2D eigenvalue weighted by atomic mass is 127. The minimum atomic E-state index is 0. The van der Waals surface area contributed by atoms with Crippen LogP contribution in [0.3, 0.4) is 0 Å². The number of hydrogen-bond acceptors (Lipinski definition) is 5. The summed E-state index contributed by atoms with van der Waals surface area (Å²) in [4.78, 5) is 8.51. The Morgan fingerprint density at radius 3 is 2.71 bits per heavy atom. The average molecular weight is 441 g/mol. The van der Waals surface area contributed by atoms with Crippen LogP contribution in [0.15, 0.2) is 33.8 Å². The van der Waals surface area contributed by atoms with E-state index in [2.05, 4.69) is 30.8 Å². The third-order valence-corrected chi connectivity index (χ3v) is 3.50. The zero-order chi connectivity index (χ0) is 16.2. The summed E-state index contributed by atoms with van der Waals surface area (Å²) < 4.78 is 7.47.